The van der Waals surface area contributed by atoms with Crippen molar-refractivity contribution in [1.82, 2.24) is 10.2 Å². The highest BCUT2D eigenvalue weighted by atomic mass is 32.1. The second kappa shape index (κ2) is 6.50. The Kier molecular flexibility index (Phi) is 4.96. The molecule has 1 saturated heterocycles. The number of morpholine rings is 1. The topological polar surface area (TPSA) is 41.6 Å². The van der Waals surface area contributed by atoms with Crippen LogP contribution in [0.4, 0.5) is 0 Å². The molecule has 0 aliphatic carbocycles. The van der Waals surface area contributed by atoms with Gasteiger partial charge in [-0.3, -0.25) is 9.69 Å². The molecule has 0 radical (unpaired) electrons. The van der Waals surface area contributed by atoms with E-state index in [0.29, 0.717) is 13.0 Å². The summed E-state index contributed by atoms with van der Waals surface area (Å²) in [4.78, 5) is 15.4. The fourth-order valence-corrected chi connectivity index (χ4v) is 2.93. The fraction of sp³-hybridized carbons (Fsp3) is 0.643. The summed E-state index contributed by atoms with van der Waals surface area (Å²) in [7, 11) is 0. The molecule has 1 aliphatic heterocycles. The van der Waals surface area contributed by atoms with Gasteiger partial charge in [-0.1, -0.05) is 6.07 Å². The number of nitrogens with one attached hydrogen (secondary N) is 1. The van der Waals surface area contributed by atoms with Gasteiger partial charge in [0.25, 0.3) is 0 Å². The molecule has 1 aromatic heterocycles. The smallest absolute Gasteiger partial charge is 0.225 e. The third-order valence-electron chi connectivity index (χ3n) is 3.50. The lowest BCUT2D eigenvalue weighted by Gasteiger charge is -2.40. The van der Waals surface area contributed by atoms with Gasteiger partial charge in [0.1, 0.15) is 0 Å². The molecular formula is C14H22N2O2S. The Bertz CT molecular complexity index is 398. The Morgan fingerprint density at radius 3 is 2.84 bits per heavy atom. The van der Waals surface area contributed by atoms with Crippen molar-refractivity contribution in [1.29, 1.82) is 0 Å². The molecule has 106 valence electrons. The third kappa shape index (κ3) is 4.30. The van der Waals surface area contributed by atoms with Gasteiger partial charge in [-0.15, -0.1) is 11.3 Å². The Morgan fingerprint density at radius 1 is 1.47 bits per heavy atom. The summed E-state index contributed by atoms with van der Waals surface area (Å²) in [5, 5.41) is 5.04. The number of carbonyl (C=O) groups excluding carboxylic acids is 1. The number of ether oxygens (including phenoxy) is 1. The van der Waals surface area contributed by atoms with Gasteiger partial charge in [-0.2, -0.15) is 0 Å². The minimum atomic E-state index is -0.0190. The van der Waals surface area contributed by atoms with Gasteiger partial charge < -0.3 is 10.1 Å². The predicted molar refractivity (Wildman–Crippen MR) is 77.5 cm³/mol. The first-order chi connectivity index (χ1) is 9.08. The van der Waals surface area contributed by atoms with Gasteiger partial charge in [0.2, 0.25) is 5.91 Å². The first-order valence-corrected chi connectivity index (χ1v) is 7.58. The highest BCUT2D eigenvalue weighted by Gasteiger charge is 2.28. The van der Waals surface area contributed by atoms with Gasteiger partial charge in [0.05, 0.1) is 19.6 Å². The third-order valence-corrected chi connectivity index (χ3v) is 4.38. The van der Waals surface area contributed by atoms with Crippen LogP contribution in [0.1, 0.15) is 18.7 Å². The summed E-state index contributed by atoms with van der Waals surface area (Å²) in [6, 6.07) is 3.97. The molecule has 0 spiro atoms. The Morgan fingerprint density at radius 2 is 2.21 bits per heavy atom. The highest BCUT2D eigenvalue weighted by molar-refractivity contribution is 7.10. The molecule has 4 nitrogen and oxygen atoms in total. The van der Waals surface area contributed by atoms with Crippen LogP contribution in [0.2, 0.25) is 0 Å². The number of carbonyl (C=O) groups is 1. The molecule has 5 heteroatoms. The first-order valence-electron chi connectivity index (χ1n) is 6.70. The summed E-state index contributed by atoms with van der Waals surface area (Å²) in [5.74, 6) is 0.101. The van der Waals surface area contributed by atoms with Crippen LogP contribution in [0.25, 0.3) is 0 Å². The Hall–Kier alpha value is -0.910. The van der Waals surface area contributed by atoms with Crippen LogP contribution in [-0.4, -0.2) is 49.2 Å². The minimum absolute atomic E-state index is 0.0190. The maximum Gasteiger partial charge on any atom is 0.225 e. The molecule has 1 aromatic rings. The van der Waals surface area contributed by atoms with Crippen molar-refractivity contribution in [3.05, 3.63) is 22.4 Å². The summed E-state index contributed by atoms with van der Waals surface area (Å²) in [6.45, 7) is 8.46. The minimum Gasteiger partial charge on any atom is -0.379 e. The Labute approximate surface area is 118 Å². The molecule has 1 fully saturated rings. The van der Waals surface area contributed by atoms with Gasteiger partial charge in [0.15, 0.2) is 0 Å². The van der Waals surface area contributed by atoms with Crippen LogP contribution in [0.3, 0.4) is 0 Å². The molecule has 1 amide bonds. The van der Waals surface area contributed by atoms with Crippen molar-refractivity contribution >= 4 is 17.2 Å². The molecular weight excluding hydrogens is 260 g/mol. The van der Waals surface area contributed by atoms with E-state index in [4.69, 9.17) is 4.74 Å². The van der Waals surface area contributed by atoms with E-state index in [-0.39, 0.29) is 11.4 Å². The van der Waals surface area contributed by atoms with E-state index in [0.717, 1.165) is 31.2 Å². The lowest BCUT2D eigenvalue weighted by Crippen LogP contribution is -2.55. The molecule has 1 N–H and O–H groups in total. The molecule has 0 atom stereocenters. The number of amides is 1. The van der Waals surface area contributed by atoms with E-state index in [9.17, 15) is 4.79 Å². The van der Waals surface area contributed by atoms with Crippen LogP contribution < -0.4 is 5.32 Å². The van der Waals surface area contributed by atoms with E-state index in [1.165, 1.54) is 0 Å². The average molecular weight is 282 g/mol. The van der Waals surface area contributed by atoms with Crippen molar-refractivity contribution in [3.63, 3.8) is 0 Å². The second-order valence-corrected chi connectivity index (χ2v) is 6.48. The van der Waals surface area contributed by atoms with Crippen molar-refractivity contribution in [3.8, 4) is 0 Å². The monoisotopic (exact) mass is 282 g/mol. The maximum absolute atomic E-state index is 11.9. The number of thiophene rings is 1. The quantitative estimate of drug-likeness (QED) is 0.890. The molecule has 0 bridgehead atoms. The van der Waals surface area contributed by atoms with Gasteiger partial charge in [-0.25, -0.2) is 0 Å². The first kappa shape index (κ1) is 14.5. The lowest BCUT2D eigenvalue weighted by atomic mass is 10.0. The number of hydrogen-bond donors (Lipinski definition) is 1. The standard InChI is InChI=1S/C14H22N2O2S/c1-14(2,16-5-7-18-8-6-16)11-15-13(17)10-12-4-3-9-19-12/h3-4,9H,5-8,10-11H2,1-2H3,(H,15,17). The van der Waals surface area contributed by atoms with E-state index in [1.54, 1.807) is 11.3 Å². The molecule has 2 rings (SSSR count). The number of nitrogens with zero attached hydrogens (tertiary/aromatic N) is 1. The zero-order valence-corrected chi connectivity index (χ0v) is 12.5. The van der Waals surface area contributed by atoms with Crippen LogP contribution in [0.5, 0.6) is 0 Å². The fourth-order valence-electron chi connectivity index (χ4n) is 2.23. The Balaban J connectivity index is 1.78. The molecule has 0 saturated carbocycles. The average Bonchev–Trinajstić information content (AvgIpc) is 2.90. The van der Waals surface area contributed by atoms with Crippen LogP contribution in [0, 0.1) is 0 Å². The van der Waals surface area contributed by atoms with E-state index in [2.05, 4.69) is 24.1 Å². The molecule has 0 aromatic carbocycles. The number of rotatable bonds is 5. The summed E-state index contributed by atoms with van der Waals surface area (Å²) >= 11 is 1.62. The zero-order chi connectivity index (χ0) is 13.7. The lowest BCUT2D eigenvalue weighted by molar-refractivity contribution is -0.121. The number of hydrogen-bond acceptors (Lipinski definition) is 4. The van der Waals surface area contributed by atoms with Gasteiger partial charge >= 0.3 is 0 Å². The van der Waals surface area contributed by atoms with E-state index < -0.39 is 0 Å². The summed E-state index contributed by atoms with van der Waals surface area (Å²) in [6.07, 6.45) is 0.483. The SMILES string of the molecule is CC(C)(CNC(=O)Cc1cccs1)N1CCOCC1. The molecule has 0 unspecified atom stereocenters. The van der Waals surface area contributed by atoms with Gasteiger partial charge in [-0.05, 0) is 25.3 Å². The van der Waals surface area contributed by atoms with Crippen LogP contribution >= 0.6 is 11.3 Å². The van der Waals surface area contributed by atoms with E-state index in [1.807, 2.05) is 17.5 Å². The van der Waals surface area contributed by atoms with Crippen molar-refractivity contribution in [2.45, 2.75) is 25.8 Å². The molecule has 19 heavy (non-hydrogen) atoms. The maximum atomic E-state index is 11.9. The molecule has 2 heterocycles. The van der Waals surface area contributed by atoms with E-state index >= 15 is 0 Å². The van der Waals surface area contributed by atoms with Crippen molar-refractivity contribution in [2.24, 2.45) is 0 Å². The summed E-state index contributed by atoms with van der Waals surface area (Å²) < 4.78 is 5.36. The zero-order valence-electron chi connectivity index (χ0n) is 11.6. The molecule has 1 aliphatic rings. The highest BCUT2D eigenvalue weighted by Crippen LogP contribution is 2.15. The predicted octanol–water partition coefficient (Wildman–Crippen LogP) is 1.52. The van der Waals surface area contributed by atoms with Crippen LogP contribution in [-0.2, 0) is 16.0 Å². The largest absolute Gasteiger partial charge is 0.379 e. The van der Waals surface area contributed by atoms with Crippen molar-refractivity contribution < 1.29 is 9.53 Å². The van der Waals surface area contributed by atoms with Crippen LogP contribution in [0.15, 0.2) is 17.5 Å². The van der Waals surface area contributed by atoms with Gasteiger partial charge in [0, 0.05) is 30.1 Å². The van der Waals surface area contributed by atoms with Crippen molar-refractivity contribution in [2.75, 3.05) is 32.8 Å². The summed E-state index contributed by atoms with van der Waals surface area (Å²) in [5.41, 5.74) is -0.0190. The normalized spacial score (nSPS) is 17.4. The second-order valence-electron chi connectivity index (χ2n) is 5.44.